The maximum atomic E-state index is 12.4. The van der Waals surface area contributed by atoms with Gasteiger partial charge in [0.2, 0.25) is 5.91 Å². The Morgan fingerprint density at radius 2 is 2.45 bits per heavy atom. The number of thiophene rings is 1. The third kappa shape index (κ3) is 2.81. The molecule has 1 fully saturated rings. The minimum Gasteiger partial charge on any atom is -0.340 e. The minimum absolute atomic E-state index is 0.132. The van der Waals surface area contributed by atoms with Crippen molar-refractivity contribution in [3.63, 3.8) is 0 Å². The van der Waals surface area contributed by atoms with Crippen molar-refractivity contribution in [2.75, 3.05) is 7.05 Å². The van der Waals surface area contributed by atoms with Gasteiger partial charge in [-0.05, 0) is 39.9 Å². The van der Waals surface area contributed by atoms with E-state index in [-0.39, 0.29) is 11.8 Å². The number of hydrogen-bond donors (Lipinski definition) is 0. The number of amides is 1. The van der Waals surface area contributed by atoms with Gasteiger partial charge in [-0.1, -0.05) is 0 Å². The Labute approximate surface area is 130 Å². The van der Waals surface area contributed by atoms with Crippen LogP contribution in [0.1, 0.15) is 22.8 Å². The Bertz CT molecular complexity index is 632. The number of rotatable bonds is 4. The molecule has 20 heavy (non-hydrogen) atoms. The average molecular weight is 354 g/mol. The summed E-state index contributed by atoms with van der Waals surface area (Å²) in [6.45, 7) is 0.686. The van der Waals surface area contributed by atoms with Gasteiger partial charge in [-0.15, -0.1) is 11.3 Å². The first kappa shape index (κ1) is 13.8. The Morgan fingerprint density at radius 1 is 1.65 bits per heavy atom. The van der Waals surface area contributed by atoms with Gasteiger partial charge in [0.05, 0.1) is 12.7 Å². The van der Waals surface area contributed by atoms with Crippen LogP contribution in [0.15, 0.2) is 28.3 Å². The average Bonchev–Trinajstić information content (AvgIpc) is 2.93. The molecule has 2 heterocycles. The SMILES string of the molecule is CN(Cc1cc(Br)cs1)C(=O)[C@H]1C[C@@H]1c1cnn(C)c1. The maximum absolute atomic E-state index is 12.4. The van der Waals surface area contributed by atoms with Crippen LogP contribution in [0.4, 0.5) is 0 Å². The summed E-state index contributed by atoms with van der Waals surface area (Å²) in [6, 6.07) is 2.07. The molecular formula is C14H16BrN3OS. The molecule has 0 bridgehead atoms. The van der Waals surface area contributed by atoms with Crippen LogP contribution < -0.4 is 0 Å². The molecule has 0 spiro atoms. The van der Waals surface area contributed by atoms with E-state index in [1.807, 2.05) is 36.8 Å². The Balaban J connectivity index is 1.60. The van der Waals surface area contributed by atoms with E-state index >= 15 is 0 Å². The van der Waals surface area contributed by atoms with Crippen LogP contribution in [-0.4, -0.2) is 27.6 Å². The molecule has 0 aromatic carbocycles. The molecule has 2 aromatic rings. The first-order chi connectivity index (χ1) is 9.54. The Hall–Kier alpha value is -1.14. The van der Waals surface area contributed by atoms with E-state index in [1.54, 1.807) is 16.0 Å². The normalized spacial score (nSPS) is 20.9. The quantitative estimate of drug-likeness (QED) is 0.847. The summed E-state index contributed by atoms with van der Waals surface area (Å²) in [5, 5.41) is 6.22. The van der Waals surface area contributed by atoms with Crippen molar-refractivity contribution in [2.24, 2.45) is 13.0 Å². The van der Waals surface area contributed by atoms with Crippen LogP contribution in [0, 0.1) is 5.92 Å². The molecule has 6 heteroatoms. The summed E-state index contributed by atoms with van der Waals surface area (Å²) in [5.74, 6) is 0.727. The van der Waals surface area contributed by atoms with Gasteiger partial charge in [0.15, 0.2) is 0 Å². The lowest BCUT2D eigenvalue weighted by Crippen LogP contribution is -2.27. The number of aryl methyl sites for hydroxylation is 1. The molecule has 1 saturated carbocycles. The molecule has 2 aromatic heterocycles. The number of carbonyl (C=O) groups is 1. The number of halogens is 1. The van der Waals surface area contributed by atoms with Crippen molar-refractivity contribution >= 4 is 33.2 Å². The van der Waals surface area contributed by atoms with Crippen LogP contribution >= 0.6 is 27.3 Å². The zero-order valence-electron chi connectivity index (χ0n) is 11.4. The number of aromatic nitrogens is 2. The van der Waals surface area contributed by atoms with Crippen molar-refractivity contribution < 1.29 is 4.79 Å². The zero-order valence-corrected chi connectivity index (χ0v) is 13.8. The number of carbonyl (C=O) groups excluding carboxylic acids is 1. The fourth-order valence-corrected chi connectivity index (χ4v) is 4.00. The summed E-state index contributed by atoms with van der Waals surface area (Å²) in [7, 11) is 3.79. The maximum Gasteiger partial charge on any atom is 0.226 e. The molecule has 0 N–H and O–H groups in total. The largest absolute Gasteiger partial charge is 0.340 e. The molecule has 0 aliphatic heterocycles. The molecule has 1 aliphatic rings. The monoisotopic (exact) mass is 353 g/mol. The first-order valence-corrected chi connectivity index (χ1v) is 8.18. The number of hydrogen-bond acceptors (Lipinski definition) is 3. The van der Waals surface area contributed by atoms with Gasteiger partial charge >= 0.3 is 0 Å². The van der Waals surface area contributed by atoms with Gasteiger partial charge in [0, 0.05) is 40.9 Å². The molecule has 1 amide bonds. The fraction of sp³-hybridized carbons (Fsp3) is 0.429. The second-order valence-corrected chi connectivity index (χ2v) is 7.23. The first-order valence-electron chi connectivity index (χ1n) is 6.51. The lowest BCUT2D eigenvalue weighted by Gasteiger charge is -2.16. The van der Waals surface area contributed by atoms with Crippen molar-refractivity contribution in [2.45, 2.75) is 18.9 Å². The predicted molar refractivity (Wildman–Crippen MR) is 82.5 cm³/mol. The third-order valence-electron chi connectivity index (χ3n) is 3.65. The highest BCUT2D eigenvalue weighted by molar-refractivity contribution is 9.10. The van der Waals surface area contributed by atoms with Crippen LogP contribution in [0.25, 0.3) is 0 Å². The smallest absolute Gasteiger partial charge is 0.226 e. The molecule has 4 nitrogen and oxygen atoms in total. The summed E-state index contributed by atoms with van der Waals surface area (Å²) in [5.41, 5.74) is 1.18. The molecule has 0 saturated heterocycles. The minimum atomic E-state index is 0.132. The highest BCUT2D eigenvalue weighted by Gasteiger charge is 2.45. The molecule has 3 rings (SSSR count). The molecular weight excluding hydrogens is 338 g/mol. The van der Waals surface area contributed by atoms with E-state index in [2.05, 4.69) is 27.1 Å². The van der Waals surface area contributed by atoms with Crippen LogP contribution in [0.3, 0.4) is 0 Å². The standard InChI is InChI=1S/C14H16BrN3OS/c1-17(7-11-3-10(15)8-20-11)14(19)13-4-12(13)9-5-16-18(2)6-9/h3,5-6,8,12-13H,4,7H2,1-2H3/t12-,13+/m1/s1. The molecule has 0 radical (unpaired) electrons. The van der Waals surface area contributed by atoms with Gasteiger partial charge in [0.1, 0.15) is 0 Å². The third-order valence-corrected chi connectivity index (χ3v) is 5.33. The van der Waals surface area contributed by atoms with Gasteiger partial charge in [-0.2, -0.15) is 5.10 Å². The summed E-state index contributed by atoms with van der Waals surface area (Å²) in [6.07, 6.45) is 4.83. The molecule has 106 valence electrons. The van der Waals surface area contributed by atoms with E-state index in [4.69, 9.17) is 0 Å². The van der Waals surface area contributed by atoms with Crippen molar-refractivity contribution in [1.82, 2.24) is 14.7 Å². The summed E-state index contributed by atoms with van der Waals surface area (Å²) in [4.78, 5) is 15.4. The zero-order chi connectivity index (χ0) is 14.3. The second-order valence-electron chi connectivity index (χ2n) is 5.32. The lowest BCUT2D eigenvalue weighted by atomic mass is 10.2. The summed E-state index contributed by atoms with van der Waals surface area (Å²) < 4.78 is 2.88. The highest BCUT2D eigenvalue weighted by atomic mass is 79.9. The van der Waals surface area contributed by atoms with Crippen LogP contribution in [-0.2, 0) is 18.4 Å². The lowest BCUT2D eigenvalue weighted by molar-refractivity contribution is -0.131. The number of nitrogens with zero attached hydrogens (tertiary/aromatic N) is 3. The van der Waals surface area contributed by atoms with Crippen molar-refractivity contribution in [1.29, 1.82) is 0 Å². The van der Waals surface area contributed by atoms with E-state index in [9.17, 15) is 4.79 Å². The van der Waals surface area contributed by atoms with E-state index in [0.717, 1.165) is 10.9 Å². The van der Waals surface area contributed by atoms with Crippen molar-refractivity contribution in [3.05, 3.63) is 38.8 Å². The van der Waals surface area contributed by atoms with Crippen LogP contribution in [0.2, 0.25) is 0 Å². The second kappa shape index (κ2) is 5.33. The van der Waals surface area contributed by atoms with Gasteiger partial charge in [-0.25, -0.2) is 0 Å². The van der Waals surface area contributed by atoms with Crippen molar-refractivity contribution in [3.8, 4) is 0 Å². The van der Waals surface area contributed by atoms with Gasteiger partial charge in [-0.3, -0.25) is 9.48 Å². The van der Waals surface area contributed by atoms with E-state index in [0.29, 0.717) is 12.5 Å². The fourth-order valence-electron chi connectivity index (χ4n) is 2.50. The van der Waals surface area contributed by atoms with Crippen LogP contribution in [0.5, 0.6) is 0 Å². The molecule has 1 aliphatic carbocycles. The van der Waals surface area contributed by atoms with Gasteiger partial charge < -0.3 is 4.90 Å². The summed E-state index contributed by atoms with van der Waals surface area (Å²) >= 11 is 5.11. The Kier molecular flexibility index (Phi) is 3.69. The molecule has 2 atom stereocenters. The predicted octanol–water partition coefficient (Wildman–Crippen LogP) is 3.01. The van der Waals surface area contributed by atoms with E-state index in [1.165, 1.54) is 10.4 Å². The van der Waals surface area contributed by atoms with Gasteiger partial charge in [0.25, 0.3) is 0 Å². The molecule has 0 unspecified atom stereocenters. The Morgan fingerprint density at radius 3 is 3.05 bits per heavy atom. The van der Waals surface area contributed by atoms with E-state index < -0.39 is 0 Å². The highest BCUT2D eigenvalue weighted by Crippen LogP contribution is 2.48. The topological polar surface area (TPSA) is 38.1 Å².